The summed E-state index contributed by atoms with van der Waals surface area (Å²) in [7, 11) is 1.40. The van der Waals surface area contributed by atoms with Gasteiger partial charge in [-0.2, -0.15) is 5.10 Å². The number of rotatable bonds is 6. The normalized spacial score (nSPS) is 12.0. The highest BCUT2D eigenvalue weighted by Crippen LogP contribution is 2.21. The second-order valence-corrected chi connectivity index (χ2v) is 4.76. The number of methoxy groups -OCH3 is 1. The van der Waals surface area contributed by atoms with E-state index in [0.717, 1.165) is 12.3 Å². The number of hydrazone groups is 1. The van der Waals surface area contributed by atoms with Crippen LogP contribution in [0.25, 0.3) is 0 Å². The number of nitrogens with zero attached hydrogens (tertiary/aromatic N) is 2. The molecule has 2 aromatic carbocycles. The van der Waals surface area contributed by atoms with E-state index in [1.54, 1.807) is 24.3 Å². The van der Waals surface area contributed by atoms with Gasteiger partial charge < -0.3 is 9.84 Å². The molecule has 8 heteroatoms. The summed E-state index contributed by atoms with van der Waals surface area (Å²) in [6.07, 6.45) is 0.278. The van der Waals surface area contributed by atoms with Crippen LogP contribution in [0.3, 0.4) is 0 Å². The number of nitrogens with one attached hydrogen (secondary N) is 1. The number of ether oxygens (including phenoxy) is 1. The number of phenols is 1. The molecular formula is C16H15N3O5. The highest BCUT2D eigenvalue weighted by Gasteiger charge is 2.19. The summed E-state index contributed by atoms with van der Waals surface area (Å²) in [4.78, 5) is 22.2. The fourth-order valence-electron chi connectivity index (χ4n) is 2.01. The lowest BCUT2D eigenvalue weighted by Crippen LogP contribution is -2.26. The molecule has 0 bridgehead atoms. The van der Waals surface area contributed by atoms with Gasteiger partial charge in [0.25, 0.3) is 11.6 Å². The molecule has 0 heterocycles. The maximum absolute atomic E-state index is 12.1. The highest BCUT2D eigenvalue weighted by atomic mass is 16.6. The van der Waals surface area contributed by atoms with Crippen molar-refractivity contribution in [1.29, 1.82) is 0 Å². The van der Waals surface area contributed by atoms with Crippen LogP contribution in [-0.2, 0) is 9.53 Å². The molecule has 0 aliphatic heterocycles. The van der Waals surface area contributed by atoms with E-state index in [1.165, 1.54) is 19.2 Å². The number of benzene rings is 2. The van der Waals surface area contributed by atoms with E-state index in [0.29, 0.717) is 5.56 Å². The number of hydrogen-bond acceptors (Lipinski definition) is 6. The summed E-state index contributed by atoms with van der Waals surface area (Å²) in [6.45, 7) is 0. The lowest BCUT2D eigenvalue weighted by atomic mass is 10.1. The van der Waals surface area contributed by atoms with E-state index in [1.807, 2.05) is 6.07 Å². The number of carbonyl (C=O) groups excluding carboxylic acids is 1. The van der Waals surface area contributed by atoms with Crippen LogP contribution in [-0.4, -0.2) is 29.3 Å². The SMILES string of the molecule is CO[C@@H](C(=O)N/N=C\c1cc([N+](=O)[O-])ccc1O)c1ccccc1. The molecule has 2 N–H and O–H groups in total. The topological polar surface area (TPSA) is 114 Å². The molecule has 2 rings (SSSR count). The Morgan fingerprint density at radius 3 is 2.67 bits per heavy atom. The molecule has 0 saturated carbocycles. The smallest absolute Gasteiger partial charge is 0.273 e. The molecule has 124 valence electrons. The lowest BCUT2D eigenvalue weighted by molar-refractivity contribution is -0.384. The number of phenolic OH excluding ortho intramolecular Hbond substituents is 1. The van der Waals surface area contributed by atoms with E-state index in [9.17, 15) is 20.0 Å². The summed E-state index contributed by atoms with van der Waals surface area (Å²) in [5.74, 6) is -0.699. The van der Waals surface area contributed by atoms with Crippen LogP contribution in [0, 0.1) is 10.1 Å². The monoisotopic (exact) mass is 329 g/mol. The van der Waals surface area contributed by atoms with Crippen LogP contribution in [0.1, 0.15) is 17.2 Å². The lowest BCUT2D eigenvalue weighted by Gasteiger charge is -2.13. The van der Waals surface area contributed by atoms with Crippen LogP contribution in [0.4, 0.5) is 5.69 Å². The number of non-ortho nitro benzene ring substituents is 1. The van der Waals surface area contributed by atoms with Crippen molar-refractivity contribution in [2.45, 2.75) is 6.10 Å². The molecule has 24 heavy (non-hydrogen) atoms. The number of nitro benzene ring substituents is 1. The Kier molecular flexibility index (Phi) is 5.58. The standard InChI is InChI=1S/C16H15N3O5/c1-24-15(11-5-3-2-4-6-11)16(21)18-17-10-12-9-13(19(22)23)7-8-14(12)20/h2-10,15,20H,1H3,(H,18,21)/b17-10-/t15-/m1/s1. The third kappa shape index (κ3) is 4.14. The van der Waals surface area contributed by atoms with Gasteiger partial charge in [-0.3, -0.25) is 14.9 Å². The number of aromatic hydroxyl groups is 1. The van der Waals surface area contributed by atoms with E-state index < -0.39 is 16.9 Å². The van der Waals surface area contributed by atoms with E-state index >= 15 is 0 Å². The van der Waals surface area contributed by atoms with Crippen LogP contribution in [0.5, 0.6) is 5.75 Å². The van der Waals surface area contributed by atoms with E-state index in [4.69, 9.17) is 4.74 Å². The van der Waals surface area contributed by atoms with E-state index in [2.05, 4.69) is 10.5 Å². The molecule has 1 amide bonds. The van der Waals surface area contributed by atoms with Crippen LogP contribution < -0.4 is 5.43 Å². The zero-order chi connectivity index (χ0) is 17.5. The van der Waals surface area contributed by atoms with Gasteiger partial charge in [0.2, 0.25) is 0 Å². The first kappa shape index (κ1) is 17.1. The van der Waals surface area contributed by atoms with Crippen molar-refractivity contribution >= 4 is 17.8 Å². The maximum Gasteiger partial charge on any atom is 0.273 e. The fraction of sp³-hybridized carbons (Fsp3) is 0.125. The fourth-order valence-corrected chi connectivity index (χ4v) is 2.01. The summed E-state index contributed by atoms with van der Waals surface area (Å²) >= 11 is 0. The second kappa shape index (κ2) is 7.84. The molecule has 8 nitrogen and oxygen atoms in total. The van der Waals surface area contributed by atoms with Gasteiger partial charge in [0, 0.05) is 24.8 Å². The van der Waals surface area contributed by atoms with Crippen LogP contribution in [0.2, 0.25) is 0 Å². The molecule has 2 aromatic rings. The Hall–Kier alpha value is -3.26. The minimum absolute atomic E-state index is 0.109. The maximum atomic E-state index is 12.1. The number of nitro groups is 1. The molecule has 0 saturated heterocycles. The van der Waals surface area contributed by atoms with E-state index in [-0.39, 0.29) is 17.0 Å². The average molecular weight is 329 g/mol. The van der Waals surface area contributed by atoms with Gasteiger partial charge in [-0.15, -0.1) is 0 Å². The molecule has 0 fully saturated rings. The van der Waals surface area contributed by atoms with Crippen molar-refractivity contribution in [3.63, 3.8) is 0 Å². The summed E-state index contributed by atoms with van der Waals surface area (Å²) in [6, 6.07) is 12.4. The van der Waals surface area contributed by atoms with Gasteiger partial charge in [-0.1, -0.05) is 30.3 Å². The van der Waals surface area contributed by atoms with Crippen molar-refractivity contribution in [3.8, 4) is 5.75 Å². The summed E-state index contributed by atoms with van der Waals surface area (Å²) in [5, 5.41) is 24.1. The molecule has 0 unspecified atom stereocenters. The molecule has 0 radical (unpaired) electrons. The van der Waals surface area contributed by atoms with Crippen molar-refractivity contribution in [3.05, 3.63) is 69.8 Å². The Labute approximate surface area is 137 Å². The van der Waals surface area contributed by atoms with Crippen LogP contribution >= 0.6 is 0 Å². The first-order chi connectivity index (χ1) is 11.5. The largest absolute Gasteiger partial charge is 0.507 e. The quantitative estimate of drug-likeness (QED) is 0.479. The predicted octanol–water partition coefficient (Wildman–Crippen LogP) is 2.14. The Bertz CT molecular complexity index is 762. The molecule has 0 aliphatic rings. The number of hydrogen-bond donors (Lipinski definition) is 2. The number of amides is 1. The zero-order valence-electron chi connectivity index (χ0n) is 12.7. The second-order valence-electron chi connectivity index (χ2n) is 4.76. The molecule has 0 aliphatic carbocycles. The first-order valence-corrected chi connectivity index (χ1v) is 6.91. The summed E-state index contributed by atoms with van der Waals surface area (Å²) in [5.41, 5.74) is 2.85. The predicted molar refractivity (Wildman–Crippen MR) is 86.7 cm³/mol. The minimum atomic E-state index is -0.845. The molecule has 0 spiro atoms. The zero-order valence-corrected chi connectivity index (χ0v) is 12.7. The summed E-state index contributed by atoms with van der Waals surface area (Å²) < 4.78 is 5.15. The van der Waals surface area contributed by atoms with Crippen molar-refractivity contribution in [2.24, 2.45) is 5.10 Å². The Morgan fingerprint density at radius 2 is 2.04 bits per heavy atom. The van der Waals surface area contributed by atoms with Gasteiger partial charge in [0.15, 0.2) is 6.10 Å². The highest BCUT2D eigenvalue weighted by molar-refractivity contribution is 5.87. The average Bonchev–Trinajstić information content (AvgIpc) is 2.58. The van der Waals surface area contributed by atoms with Gasteiger partial charge in [0.05, 0.1) is 11.1 Å². The third-order valence-corrected chi connectivity index (χ3v) is 3.18. The molecule has 0 aromatic heterocycles. The Balaban J connectivity index is 2.09. The van der Waals surface area contributed by atoms with Gasteiger partial charge >= 0.3 is 0 Å². The van der Waals surface area contributed by atoms with Crippen molar-refractivity contribution < 1.29 is 19.6 Å². The minimum Gasteiger partial charge on any atom is -0.507 e. The molecular weight excluding hydrogens is 314 g/mol. The Morgan fingerprint density at radius 1 is 1.33 bits per heavy atom. The third-order valence-electron chi connectivity index (χ3n) is 3.18. The first-order valence-electron chi connectivity index (χ1n) is 6.91. The van der Waals surface area contributed by atoms with Crippen molar-refractivity contribution in [1.82, 2.24) is 5.43 Å². The number of carbonyl (C=O) groups is 1. The van der Waals surface area contributed by atoms with Gasteiger partial charge in [0.1, 0.15) is 5.75 Å². The molecule has 1 atom stereocenters. The van der Waals surface area contributed by atoms with Crippen molar-refractivity contribution in [2.75, 3.05) is 7.11 Å². The van der Waals surface area contributed by atoms with Gasteiger partial charge in [-0.25, -0.2) is 5.43 Å². The van der Waals surface area contributed by atoms with Gasteiger partial charge in [-0.05, 0) is 11.6 Å². The van der Waals surface area contributed by atoms with Crippen LogP contribution in [0.15, 0.2) is 53.6 Å².